The number of alkyl halides is 23. The first-order chi connectivity index (χ1) is 14.2. The van der Waals surface area contributed by atoms with Crippen molar-refractivity contribution in [2.75, 3.05) is 0 Å². The van der Waals surface area contributed by atoms with Gasteiger partial charge in [-0.3, -0.25) is 0 Å². The van der Waals surface area contributed by atoms with E-state index in [-0.39, 0.29) is 0 Å². The zero-order valence-corrected chi connectivity index (χ0v) is 14.3. The van der Waals surface area contributed by atoms with E-state index < -0.39 is 65.9 Å². The van der Waals surface area contributed by atoms with E-state index in [1.807, 2.05) is 0 Å². The molecule has 0 bridgehead atoms. The average Bonchev–Trinajstić information content (AvgIpc) is 2.41. The van der Waals surface area contributed by atoms with Crippen molar-refractivity contribution in [3.05, 3.63) is 0 Å². The SMILES string of the molecule is FC(C(F)(C(F)(F)F)C(F)(F)F)C(C(F)(F)F)(C(F)(F)F)C(C(F)(F)F)(C(F)(F)F)C(F)(F)F. The van der Waals surface area contributed by atoms with Gasteiger partial charge in [-0.05, 0) is 0 Å². The molecule has 0 aromatic rings. The van der Waals surface area contributed by atoms with Crippen LogP contribution in [-0.4, -0.2) is 55.1 Å². The van der Waals surface area contributed by atoms with Gasteiger partial charge in [-0.25, -0.2) is 8.78 Å². The topological polar surface area (TPSA) is 0 Å². The summed E-state index contributed by atoms with van der Waals surface area (Å²) in [4.78, 5) is 0. The largest absolute Gasteiger partial charge is 0.434 e. The summed E-state index contributed by atoms with van der Waals surface area (Å²) < 4.78 is 299. The molecule has 0 saturated carbocycles. The van der Waals surface area contributed by atoms with Crippen LogP contribution >= 0.6 is 0 Å². The molecule has 0 aliphatic carbocycles. The molecule has 0 aromatic heterocycles. The summed E-state index contributed by atoms with van der Waals surface area (Å²) in [5.41, 5.74) is -28.7. The predicted octanol–water partition coefficient (Wildman–Crippen LogP) is 7.94. The molecule has 23 heteroatoms. The lowest BCUT2D eigenvalue weighted by Crippen LogP contribution is -2.82. The van der Waals surface area contributed by atoms with Crippen LogP contribution < -0.4 is 0 Å². The summed E-state index contributed by atoms with van der Waals surface area (Å²) in [6, 6.07) is 0. The van der Waals surface area contributed by atoms with Crippen LogP contribution in [0, 0.1) is 10.8 Å². The molecule has 0 fully saturated rings. The van der Waals surface area contributed by atoms with E-state index in [0.29, 0.717) is 0 Å². The molecular weight excluding hydrogens is 569 g/mol. The minimum absolute atomic E-state index is 8.37. The second-order valence-electron chi connectivity index (χ2n) is 6.12. The van der Waals surface area contributed by atoms with Gasteiger partial charge in [-0.2, -0.15) is 92.2 Å². The van der Waals surface area contributed by atoms with E-state index in [2.05, 4.69) is 0 Å². The molecule has 0 amide bonds. The van der Waals surface area contributed by atoms with Crippen molar-refractivity contribution in [1.82, 2.24) is 0 Å². The minimum atomic E-state index is -9.86. The first kappa shape index (κ1) is 32.4. The van der Waals surface area contributed by atoms with Gasteiger partial charge in [0.2, 0.25) is 5.41 Å². The molecule has 0 aliphatic rings. The summed E-state index contributed by atoms with van der Waals surface area (Å²) in [7, 11) is 0. The van der Waals surface area contributed by atoms with E-state index in [4.69, 9.17) is 0 Å². The van der Waals surface area contributed by atoms with Crippen LogP contribution in [0.3, 0.4) is 0 Å². The Hall–Kier alpha value is -1.61. The van der Waals surface area contributed by atoms with Crippen molar-refractivity contribution < 1.29 is 101 Å². The zero-order valence-electron chi connectivity index (χ0n) is 14.3. The molecule has 0 N–H and O–H groups in total. The zero-order chi connectivity index (χ0) is 28.6. The molecule has 34 heavy (non-hydrogen) atoms. The molecule has 0 heterocycles. The second kappa shape index (κ2) is 7.69. The molecule has 0 saturated heterocycles. The highest BCUT2D eigenvalue weighted by molar-refractivity contribution is 5.24. The molecule has 1 atom stereocenters. The highest BCUT2D eigenvalue weighted by atomic mass is 19.5. The highest BCUT2D eigenvalue weighted by Gasteiger charge is 3.05. The third-order valence-corrected chi connectivity index (χ3v) is 4.32. The van der Waals surface area contributed by atoms with Crippen molar-refractivity contribution in [1.29, 1.82) is 0 Å². The lowest BCUT2D eigenvalue weighted by atomic mass is 9.55. The third-order valence-electron chi connectivity index (χ3n) is 4.32. The van der Waals surface area contributed by atoms with E-state index in [1.165, 1.54) is 0 Å². The lowest BCUT2D eigenvalue weighted by Gasteiger charge is -2.55. The number of hydrogen-bond donors (Lipinski definition) is 0. The molecule has 1 unspecified atom stereocenters. The summed E-state index contributed by atoms with van der Waals surface area (Å²) in [6.45, 7) is 0. The van der Waals surface area contributed by atoms with Gasteiger partial charge in [0.1, 0.15) is 0 Å². The maximum absolute atomic E-state index is 14.1. The number of hydrogen-bond acceptors (Lipinski definition) is 0. The quantitative estimate of drug-likeness (QED) is 0.303. The van der Waals surface area contributed by atoms with Crippen LogP contribution in [0.1, 0.15) is 0 Å². The molecule has 0 spiro atoms. The number of rotatable bonds is 3. The van der Waals surface area contributed by atoms with E-state index in [1.54, 1.807) is 0 Å². The van der Waals surface area contributed by atoms with Crippen LogP contribution in [0.2, 0.25) is 0 Å². The summed E-state index contributed by atoms with van der Waals surface area (Å²) in [5, 5.41) is 0. The van der Waals surface area contributed by atoms with Crippen molar-refractivity contribution in [3.63, 3.8) is 0 Å². The van der Waals surface area contributed by atoms with Crippen LogP contribution in [0.4, 0.5) is 101 Å². The Morgan fingerprint density at radius 3 is 0.618 bits per heavy atom. The standard InChI is InChI=1S/C11HF23/c12-1(3(13,7(20,21)22)8(23,24)25)2(5(14,15)16,6(17,18)19)4(9(26,27)28,10(29,30)31)11(32,33)34/h1H. The van der Waals surface area contributed by atoms with Crippen molar-refractivity contribution >= 4 is 0 Å². The van der Waals surface area contributed by atoms with Gasteiger partial charge in [0.25, 0.3) is 5.41 Å². The Kier molecular flexibility index (Phi) is 7.33. The van der Waals surface area contributed by atoms with Crippen LogP contribution in [-0.2, 0) is 0 Å². The van der Waals surface area contributed by atoms with Crippen molar-refractivity contribution in [2.45, 2.75) is 55.1 Å². The van der Waals surface area contributed by atoms with E-state index in [9.17, 15) is 101 Å². The fraction of sp³-hybridized carbons (Fsp3) is 1.00. The highest BCUT2D eigenvalue weighted by Crippen LogP contribution is 2.78. The average molecular weight is 570 g/mol. The van der Waals surface area contributed by atoms with Gasteiger partial charge in [-0.1, -0.05) is 0 Å². The Bertz CT molecular complexity index is 647. The predicted molar refractivity (Wildman–Crippen MR) is 56.0 cm³/mol. The number of halogens is 23. The lowest BCUT2D eigenvalue weighted by molar-refractivity contribution is -0.543. The minimum Gasteiger partial charge on any atom is -0.242 e. The third kappa shape index (κ3) is 3.87. The van der Waals surface area contributed by atoms with Crippen molar-refractivity contribution in [2.24, 2.45) is 10.8 Å². The summed E-state index contributed by atoms with van der Waals surface area (Å²) >= 11 is 0. The Balaban J connectivity index is 8.83. The molecule has 0 radical (unpaired) electrons. The van der Waals surface area contributed by atoms with E-state index >= 15 is 0 Å². The summed E-state index contributed by atoms with van der Waals surface area (Å²) in [6.07, 6.45) is -72.0. The molecule has 0 aliphatic heterocycles. The van der Waals surface area contributed by atoms with Crippen LogP contribution in [0.15, 0.2) is 0 Å². The fourth-order valence-electron chi connectivity index (χ4n) is 2.96. The summed E-state index contributed by atoms with van der Waals surface area (Å²) in [5.74, 6) is 0. The monoisotopic (exact) mass is 570 g/mol. The van der Waals surface area contributed by atoms with Gasteiger partial charge in [0, 0.05) is 0 Å². The van der Waals surface area contributed by atoms with Gasteiger partial charge >= 0.3 is 48.9 Å². The molecule has 0 nitrogen and oxygen atoms in total. The first-order valence-electron chi connectivity index (χ1n) is 6.95. The van der Waals surface area contributed by atoms with Crippen LogP contribution in [0.25, 0.3) is 0 Å². The Labute approximate surface area is 168 Å². The second-order valence-corrected chi connectivity index (χ2v) is 6.12. The smallest absolute Gasteiger partial charge is 0.242 e. The Morgan fingerprint density at radius 1 is 0.294 bits per heavy atom. The maximum Gasteiger partial charge on any atom is 0.434 e. The maximum atomic E-state index is 14.1. The van der Waals surface area contributed by atoms with Crippen molar-refractivity contribution in [3.8, 4) is 0 Å². The van der Waals surface area contributed by atoms with E-state index in [0.717, 1.165) is 0 Å². The molecule has 0 aromatic carbocycles. The molecular formula is C11HF23. The molecule has 0 rings (SSSR count). The fourth-order valence-corrected chi connectivity index (χ4v) is 2.96. The first-order valence-corrected chi connectivity index (χ1v) is 6.95. The van der Waals surface area contributed by atoms with Gasteiger partial charge in [-0.15, -0.1) is 0 Å². The van der Waals surface area contributed by atoms with Crippen LogP contribution in [0.5, 0.6) is 0 Å². The molecule has 206 valence electrons. The normalized spacial score (nSPS) is 17.7. The van der Waals surface area contributed by atoms with Gasteiger partial charge < -0.3 is 0 Å². The Morgan fingerprint density at radius 2 is 0.500 bits per heavy atom. The van der Waals surface area contributed by atoms with Gasteiger partial charge in [0.15, 0.2) is 6.17 Å². The van der Waals surface area contributed by atoms with Gasteiger partial charge in [0.05, 0.1) is 0 Å².